The van der Waals surface area contributed by atoms with E-state index in [4.69, 9.17) is 5.53 Å². The Labute approximate surface area is 120 Å². The zero-order valence-electron chi connectivity index (χ0n) is 10.2. The Bertz CT molecular complexity index is 643. The molecule has 0 aliphatic rings. The molecule has 0 saturated carbocycles. The maximum atomic E-state index is 8.52. The van der Waals surface area contributed by atoms with Crippen molar-refractivity contribution in [2.75, 3.05) is 0 Å². The number of halogens is 1. The Morgan fingerprint density at radius 3 is 2.63 bits per heavy atom. The molecule has 0 heterocycles. The molecule has 4 heteroatoms. The zero-order valence-corrected chi connectivity index (χ0v) is 11.8. The Hall–Kier alpha value is -2.03. The highest BCUT2D eigenvalue weighted by Gasteiger charge is 1.97. The number of benzene rings is 2. The predicted octanol–water partition coefficient (Wildman–Crippen LogP) is 5.65. The van der Waals surface area contributed by atoms with Crippen LogP contribution in [-0.4, -0.2) is 0 Å². The Kier molecular flexibility index (Phi) is 4.78. The molecule has 0 unspecified atom stereocenters. The molecule has 0 aliphatic heterocycles. The standard InChI is InChI=1S/C15H12BrN3/c16-14-10-3-1-6-12(14)8-5-9-13-7-2-4-11-15(13)18-19-17/h1-8,10-11H,9H2/b8-5-. The molecular weight excluding hydrogens is 302 g/mol. The van der Waals surface area contributed by atoms with Gasteiger partial charge in [0.1, 0.15) is 0 Å². The molecule has 0 bridgehead atoms. The van der Waals surface area contributed by atoms with E-state index >= 15 is 0 Å². The van der Waals surface area contributed by atoms with E-state index in [2.05, 4.69) is 38.1 Å². The van der Waals surface area contributed by atoms with Gasteiger partial charge in [-0.15, -0.1) is 0 Å². The first-order chi connectivity index (χ1) is 9.31. The van der Waals surface area contributed by atoms with Crippen LogP contribution >= 0.6 is 15.9 Å². The van der Waals surface area contributed by atoms with Gasteiger partial charge in [-0.1, -0.05) is 75.7 Å². The van der Waals surface area contributed by atoms with Crippen molar-refractivity contribution in [1.82, 2.24) is 0 Å². The summed E-state index contributed by atoms with van der Waals surface area (Å²) in [5.41, 5.74) is 11.3. The first-order valence-corrected chi connectivity index (χ1v) is 6.64. The molecule has 0 spiro atoms. The summed E-state index contributed by atoms with van der Waals surface area (Å²) in [7, 11) is 0. The SMILES string of the molecule is [N-]=[N+]=Nc1ccccc1C/C=C\c1ccccc1Br. The Balaban J connectivity index is 2.15. The highest BCUT2D eigenvalue weighted by atomic mass is 79.9. The molecule has 0 amide bonds. The lowest BCUT2D eigenvalue weighted by Crippen LogP contribution is -1.81. The van der Waals surface area contributed by atoms with Gasteiger partial charge < -0.3 is 0 Å². The van der Waals surface area contributed by atoms with Crippen LogP contribution in [0, 0.1) is 0 Å². The lowest BCUT2D eigenvalue weighted by atomic mass is 10.1. The van der Waals surface area contributed by atoms with E-state index in [9.17, 15) is 0 Å². The third kappa shape index (κ3) is 3.71. The third-order valence-corrected chi connectivity index (χ3v) is 3.41. The summed E-state index contributed by atoms with van der Waals surface area (Å²) in [6.07, 6.45) is 4.85. The van der Waals surface area contributed by atoms with Gasteiger partial charge in [0.15, 0.2) is 0 Å². The van der Waals surface area contributed by atoms with E-state index in [0.717, 1.165) is 22.0 Å². The van der Waals surface area contributed by atoms with E-state index in [1.807, 2.05) is 48.5 Å². The van der Waals surface area contributed by atoms with Crippen LogP contribution in [0.4, 0.5) is 5.69 Å². The lowest BCUT2D eigenvalue weighted by molar-refractivity contribution is 1.25. The summed E-state index contributed by atoms with van der Waals surface area (Å²) in [6, 6.07) is 15.6. The minimum absolute atomic E-state index is 0.682. The van der Waals surface area contributed by atoms with Gasteiger partial charge in [0.2, 0.25) is 0 Å². The van der Waals surface area contributed by atoms with Gasteiger partial charge in [0, 0.05) is 15.1 Å². The topological polar surface area (TPSA) is 48.8 Å². The van der Waals surface area contributed by atoms with Gasteiger partial charge >= 0.3 is 0 Å². The predicted molar refractivity (Wildman–Crippen MR) is 82.1 cm³/mol. The largest absolute Gasteiger partial charge is 0.0795 e. The highest BCUT2D eigenvalue weighted by molar-refractivity contribution is 9.10. The molecule has 0 N–H and O–H groups in total. The highest BCUT2D eigenvalue weighted by Crippen LogP contribution is 2.21. The van der Waals surface area contributed by atoms with Crippen molar-refractivity contribution in [2.24, 2.45) is 5.11 Å². The van der Waals surface area contributed by atoms with E-state index < -0.39 is 0 Å². The average Bonchev–Trinajstić information content (AvgIpc) is 2.43. The minimum Gasteiger partial charge on any atom is -0.0795 e. The fourth-order valence-electron chi connectivity index (χ4n) is 1.75. The van der Waals surface area contributed by atoms with Crippen molar-refractivity contribution in [1.29, 1.82) is 0 Å². The summed E-state index contributed by atoms with van der Waals surface area (Å²) in [5.74, 6) is 0. The van der Waals surface area contributed by atoms with Crippen molar-refractivity contribution in [3.8, 4) is 0 Å². The van der Waals surface area contributed by atoms with E-state index in [1.54, 1.807) is 0 Å². The molecule has 94 valence electrons. The normalized spacial score (nSPS) is 10.4. The number of hydrogen-bond donors (Lipinski definition) is 0. The van der Waals surface area contributed by atoms with Crippen LogP contribution in [0.1, 0.15) is 11.1 Å². The molecule has 0 aromatic heterocycles. The number of allylic oxidation sites excluding steroid dienone is 1. The molecule has 2 aromatic carbocycles. The lowest BCUT2D eigenvalue weighted by Gasteiger charge is -2.01. The van der Waals surface area contributed by atoms with Crippen molar-refractivity contribution in [3.05, 3.63) is 80.6 Å². The third-order valence-electron chi connectivity index (χ3n) is 2.68. The second-order valence-electron chi connectivity index (χ2n) is 3.95. The molecule has 3 nitrogen and oxygen atoms in total. The van der Waals surface area contributed by atoms with Gasteiger partial charge in [-0.05, 0) is 29.1 Å². The quantitative estimate of drug-likeness (QED) is 0.398. The van der Waals surface area contributed by atoms with Crippen LogP contribution in [0.3, 0.4) is 0 Å². The zero-order chi connectivity index (χ0) is 13.5. The molecular formula is C15H12BrN3. The van der Waals surface area contributed by atoms with Gasteiger partial charge in [-0.3, -0.25) is 0 Å². The van der Waals surface area contributed by atoms with Crippen LogP contribution in [0.15, 0.2) is 64.2 Å². The van der Waals surface area contributed by atoms with Crippen LogP contribution in [0.25, 0.3) is 16.5 Å². The monoisotopic (exact) mass is 313 g/mol. The summed E-state index contributed by atoms with van der Waals surface area (Å²) >= 11 is 3.50. The van der Waals surface area contributed by atoms with Crippen molar-refractivity contribution >= 4 is 27.7 Å². The van der Waals surface area contributed by atoms with Gasteiger partial charge in [0.05, 0.1) is 0 Å². The summed E-state index contributed by atoms with van der Waals surface area (Å²) < 4.78 is 1.06. The molecule has 19 heavy (non-hydrogen) atoms. The van der Waals surface area contributed by atoms with Crippen LogP contribution in [0.2, 0.25) is 0 Å². The van der Waals surface area contributed by atoms with Crippen LogP contribution < -0.4 is 0 Å². The summed E-state index contributed by atoms with van der Waals surface area (Å²) in [5, 5.41) is 3.69. The van der Waals surface area contributed by atoms with Crippen molar-refractivity contribution in [3.63, 3.8) is 0 Å². The van der Waals surface area contributed by atoms with Gasteiger partial charge in [-0.25, -0.2) is 0 Å². The first-order valence-electron chi connectivity index (χ1n) is 5.85. The number of nitrogens with zero attached hydrogens (tertiary/aromatic N) is 3. The molecule has 0 fully saturated rings. The molecule has 2 aromatic rings. The molecule has 0 radical (unpaired) electrons. The molecule has 0 aliphatic carbocycles. The molecule has 0 saturated heterocycles. The second kappa shape index (κ2) is 6.78. The van der Waals surface area contributed by atoms with Crippen molar-refractivity contribution < 1.29 is 0 Å². The smallest absolute Gasteiger partial charge is 0.0410 e. The molecule has 2 rings (SSSR count). The van der Waals surface area contributed by atoms with Crippen LogP contribution in [0.5, 0.6) is 0 Å². The minimum atomic E-state index is 0.682. The Morgan fingerprint density at radius 2 is 1.84 bits per heavy atom. The van der Waals surface area contributed by atoms with E-state index in [-0.39, 0.29) is 0 Å². The van der Waals surface area contributed by atoms with E-state index in [1.165, 1.54) is 0 Å². The first kappa shape index (κ1) is 13.4. The summed E-state index contributed by atoms with van der Waals surface area (Å²) in [6.45, 7) is 0. The fourth-order valence-corrected chi connectivity index (χ4v) is 2.17. The van der Waals surface area contributed by atoms with Crippen LogP contribution in [-0.2, 0) is 6.42 Å². The maximum Gasteiger partial charge on any atom is 0.0410 e. The number of hydrogen-bond acceptors (Lipinski definition) is 1. The molecule has 0 atom stereocenters. The average molecular weight is 314 g/mol. The number of azide groups is 1. The van der Waals surface area contributed by atoms with Gasteiger partial charge in [-0.2, -0.15) is 0 Å². The maximum absolute atomic E-state index is 8.52. The fraction of sp³-hybridized carbons (Fsp3) is 0.0667. The Morgan fingerprint density at radius 1 is 1.11 bits per heavy atom. The second-order valence-corrected chi connectivity index (χ2v) is 4.80. The summed E-state index contributed by atoms with van der Waals surface area (Å²) in [4.78, 5) is 2.84. The van der Waals surface area contributed by atoms with Gasteiger partial charge in [0.25, 0.3) is 0 Å². The van der Waals surface area contributed by atoms with Crippen molar-refractivity contribution in [2.45, 2.75) is 6.42 Å². The van der Waals surface area contributed by atoms with E-state index in [0.29, 0.717) is 5.69 Å². The number of rotatable bonds is 4.